The van der Waals surface area contributed by atoms with Gasteiger partial charge < -0.3 is 25.3 Å². The normalized spacial score (nSPS) is 21.8. The molecule has 0 bridgehead atoms. The molecule has 4 saturated heterocycles. The number of carbonyl (C=O) groups excluding carboxylic acids is 1. The molecule has 1 aromatic carbocycles. The van der Waals surface area contributed by atoms with Crippen molar-refractivity contribution in [2.24, 2.45) is 17.3 Å². The molecule has 2 N–H and O–H groups in total. The zero-order valence-corrected chi connectivity index (χ0v) is 24.4. The summed E-state index contributed by atoms with van der Waals surface area (Å²) in [4.78, 5) is 31.7. The van der Waals surface area contributed by atoms with Crippen LogP contribution in [0.1, 0.15) is 44.1 Å². The monoisotopic (exact) mass is 596 g/mol. The van der Waals surface area contributed by atoms with E-state index in [9.17, 15) is 18.0 Å². The average molecular weight is 597 g/mol. The number of carbonyl (C=O) groups is 1. The van der Waals surface area contributed by atoms with Crippen LogP contribution < -0.4 is 20.4 Å². The van der Waals surface area contributed by atoms with Gasteiger partial charge in [0.15, 0.2) is 11.5 Å². The third-order valence-electron chi connectivity index (χ3n) is 9.76. The van der Waals surface area contributed by atoms with E-state index >= 15 is 0 Å². The minimum Gasteiger partial charge on any atom is -0.372 e. The number of alkyl halides is 3. The van der Waals surface area contributed by atoms with Crippen LogP contribution in [0, 0.1) is 23.8 Å². The van der Waals surface area contributed by atoms with Gasteiger partial charge in [-0.25, -0.2) is 14.8 Å². The number of rotatable bonds is 6. The zero-order valence-electron chi connectivity index (χ0n) is 24.4. The summed E-state index contributed by atoms with van der Waals surface area (Å²) in [5.74, 6) is 1.53. The molecule has 4 aliphatic heterocycles. The first-order chi connectivity index (χ1) is 20.7. The van der Waals surface area contributed by atoms with Gasteiger partial charge in [0.25, 0.3) is 0 Å². The van der Waals surface area contributed by atoms with Gasteiger partial charge in [0.05, 0.1) is 24.5 Å². The van der Waals surface area contributed by atoms with Crippen LogP contribution in [0.3, 0.4) is 0 Å². The number of piperidine rings is 3. The van der Waals surface area contributed by atoms with E-state index in [0.717, 1.165) is 56.8 Å². The molecule has 4 fully saturated rings. The van der Waals surface area contributed by atoms with Gasteiger partial charge >= 0.3 is 6.18 Å². The molecule has 0 atom stereocenters. The van der Waals surface area contributed by atoms with Gasteiger partial charge in [-0.3, -0.25) is 4.79 Å². The SMILES string of the molecule is [C-]#[N+]c1ccc(N2CCC(C(=O)Nc3cnc(N4CCC(CN5CC6(CCNCC6)C5)CC4)cn3)CC2)cc1C(F)(F)F. The number of benzene rings is 1. The predicted octanol–water partition coefficient (Wildman–Crippen LogP) is 4.80. The van der Waals surface area contributed by atoms with Gasteiger partial charge in [0.2, 0.25) is 5.91 Å². The first-order valence-corrected chi connectivity index (χ1v) is 15.4. The third-order valence-corrected chi connectivity index (χ3v) is 9.76. The Bertz CT molecular complexity index is 1310. The molecule has 12 heteroatoms. The van der Waals surface area contributed by atoms with Crippen molar-refractivity contribution in [2.75, 3.05) is 74.0 Å². The molecular weight excluding hydrogens is 557 g/mol. The van der Waals surface area contributed by atoms with Crippen molar-refractivity contribution in [3.05, 3.63) is 47.6 Å². The van der Waals surface area contributed by atoms with Crippen molar-refractivity contribution in [3.63, 3.8) is 0 Å². The van der Waals surface area contributed by atoms with Gasteiger partial charge in [0.1, 0.15) is 5.82 Å². The van der Waals surface area contributed by atoms with Gasteiger partial charge in [-0.05, 0) is 75.1 Å². The molecule has 5 heterocycles. The van der Waals surface area contributed by atoms with Crippen LogP contribution >= 0.6 is 0 Å². The fourth-order valence-electron chi connectivity index (χ4n) is 7.24. The van der Waals surface area contributed by atoms with E-state index in [1.807, 2.05) is 4.90 Å². The fraction of sp³-hybridized carbons (Fsp3) is 0.613. The summed E-state index contributed by atoms with van der Waals surface area (Å²) in [7, 11) is 0. The van der Waals surface area contributed by atoms with Crippen LogP contribution in [0.25, 0.3) is 4.85 Å². The van der Waals surface area contributed by atoms with Crippen molar-refractivity contribution < 1.29 is 18.0 Å². The fourth-order valence-corrected chi connectivity index (χ4v) is 7.24. The summed E-state index contributed by atoms with van der Waals surface area (Å²) in [5, 5.41) is 6.34. The zero-order chi connectivity index (χ0) is 30.0. The second kappa shape index (κ2) is 12.3. The summed E-state index contributed by atoms with van der Waals surface area (Å²) in [6.45, 7) is 15.9. The molecule has 1 amide bonds. The van der Waals surface area contributed by atoms with Gasteiger partial charge in [-0.2, -0.15) is 13.2 Å². The number of amides is 1. The van der Waals surface area contributed by atoms with Gasteiger partial charge in [0, 0.05) is 57.4 Å². The molecule has 43 heavy (non-hydrogen) atoms. The van der Waals surface area contributed by atoms with E-state index in [-0.39, 0.29) is 11.8 Å². The summed E-state index contributed by atoms with van der Waals surface area (Å²) in [6.07, 6.45) is 4.66. The Kier molecular flexibility index (Phi) is 8.47. The number of likely N-dealkylation sites (tertiary alicyclic amines) is 1. The Hall–Kier alpha value is -3.43. The number of anilines is 3. The van der Waals surface area contributed by atoms with Crippen molar-refractivity contribution in [2.45, 2.75) is 44.7 Å². The maximum absolute atomic E-state index is 13.4. The maximum atomic E-state index is 13.4. The largest absolute Gasteiger partial charge is 0.407 e. The molecule has 1 aromatic heterocycles. The number of hydrogen-bond acceptors (Lipinski definition) is 7. The van der Waals surface area contributed by atoms with Gasteiger partial charge in [-0.15, -0.1) is 0 Å². The highest BCUT2D eigenvalue weighted by Gasteiger charge is 2.43. The molecular formula is C31H39F3N8O. The molecule has 9 nitrogen and oxygen atoms in total. The first kappa shape index (κ1) is 29.6. The lowest BCUT2D eigenvalue weighted by molar-refractivity contribution is -0.136. The van der Waals surface area contributed by atoms with Crippen LogP contribution in [-0.4, -0.2) is 79.7 Å². The highest BCUT2D eigenvalue weighted by molar-refractivity contribution is 5.91. The maximum Gasteiger partial charge on any atom is 0.407 e. The Morgan fingerprint density at radius 3 is 2.35 bits per heavy atom. The summed E-state index contributed by atoms with van der Waals surface area (Å²) >= 11 is 0. The quantitative estimate of drug-likeness (QED) is 0.464. The number of hydrogen-bond donors (Lipinski definition) is 2. The Morgan fingerprint density at radius 2 is 1.72 bits per heavy atom. The second-order valence-electron chi connectivity index (χ2n) is 12.7. The smallest absolute Gasteiger partial charge is 0.372 e. The van der Waals surface area contributed by atoms with Crippen molar-refractivity contribution >= 4 is 28.9 Å². The van der Waals surface area contributed by atoms with E-state index in [1.54, 1.807) is 18.5 Å². The standard InChI is InChI=1S/C31H39F3N8O/c1-35-26-3-2-24(16-25(26)31(32,33)34)41-14-6-23(7-15-41)29(43)39-27-17-38-28(18-37-27)42-12-4-22(5-13-42)19-40-20-30(21-40)8-10-36-11-9-30/h2-3,16-18,22-23,36H,4-15,19-21H2,(H,37,39,43). The first-order valence-electron chi connectivity index (χ1n) is 15.4. The van der Waals surface area contributed by atoms with E-state index in [1.165, 1.54) is 38.5 Å². The predicted molar refractivity (Wildman–Crippen MR) is 159 cm³/mol. The highest BCUT2D eigenvalue weighted by Crippen LogP contribution is 2.40. The number of aromatic nitrogens is 2. The molecule has 230 valence electrons. The van der Waals surface area contributed by atoms with E-state index < -0.39 is 17.4 Å². The molecule has 1 spiro atoms. The van der Waals surface area contributed by atoms with Crippen LogP contribution in [0.4, 0.5) is 36.2 Å². The number of nitrogens with one attached hydrogen (secondary N) is 2. The van der Waals surface area contributed by atoms with Gasteiger partial charge in [-0.1, -0.05) is 6.07 Å². The topological polar surface area (TPSA) is 81.0 Å². The van der Waals surface area contributed by atoms with Crippen molar-refractivity contribution in [1.29, 1.82) is 0 Å². The molecule has 2 aromatic rings. The Balaban J connectivity index is 0.939. The van der Waals surface area contributed by atoms with Crippen LogP contribution in [-0.2, 0) is 11.0 Å². The lowest BCUT2D eigenvalue weighted by Gasteiger charge is -2.53. The Morgan fingerprint density at radius 1 is 1.02 bits per heavy atom. The van der Waals surface area contributed by atoms with E-state index in [2.05, 4.69) is 35.2 Å². The summed E-state index contributed by atoms with van der Waals surface area (Å²) < 4.78 is 40.1. The minimum absolute atomic E-state index is 0.154. The summed E-state index contributed by atoms with van der Waals surface area (Å²) in [5.41, 5.74) is -0.346. The lowest BCUT2D eigenvalue weighted by Crippen LogP contribution is -2.60. The molecule has 6 rings (SSSR count). The van der Waals surface area contributed by atoms with Crippen molar-refractivity contribution in [1.82, 2.24) is 20.2 Å². The van der Waals surface area contributed by atoms with E-state index in [4.69, 9.17) is 6.57 Å². The molecule has 0 saturated carbocycles. The molecule has 4 aliphatic rings. The molecule has 0 radical (unpaired) electrons. The van der Waals surface area contributed by atoms with Crippen molar-refractivity contribution in [3.8, 4) is 0 Å². The van der Waals surface area contributed by atoms with Crippen LogP contribution in [0.15, 0.2) is 30.6 Å². The summed E-state index contributed by atoms with van der Waals surface area (Å²) in [6, 6.07) is 3.79. The molecule has 0 aliphatic carbocycles. The molecule has 0 unspecified atom stereocenters. The van der Waals surface area contributed by atoms with Crippen LogP contribution in [0.5, 0.6) is 0 Å². The highest BCUT2D eigenvalue weighted by atomic mass is 19.4. The van der Waals surface area contributed by atoms with Crippen LogP contribution in [0.2, 0.25) is 0 Å². The van der Waals surface area contributed by atoms with E-state index in [0.29, 0.717) is 42.9 Å². The average Bonchev–Trinajstić information content (AvgIpc) is 3.01. The lowest BCUT2D eigenvalue weighted by atomic mass is 9.72. The Labute approximate surface area is 250 Å². The number of halogens is 3. The third kappa shape index (κ3) is 6.73. The number of nitrogens with zero attached hydrogens (tertiary/aromatic N) is 6. The minimum atomic E-state index is -4.59. The second-order valence-corrected chi connectivity index (χ2v) is 12.7.